The predicted molar refractivity (Wildman–Crippen MR) is 107 cm³/mol. The van der Waals surface area contributed by atoms with Crippen LogP contribution >= 0.6 is 15.9 Å². The minimum Gasteiger partial charge on any atom is -0.492 e. The number of nitrogens with one attached hydrogen (secondary N) is 3. The van der Waals surface area contributed by atoms with Crippen molar-refractivity contribution in [2.75, 3.05) is 11.9 Å². The van der Waals surface area contributed by atoms with E-state index in [0.29, 0.717) is 29.3 Å². The maximum atomic E-state index is 13.1. The molecule has 0 unspecified atom stereocenters. The van der Waals surface area contributed by atoms with Gasteiger partial charge in [-0.1, -0.05) is 46.3 Å². The lowest BCUT2D eigenvalue weighted by molar-refractivity contribution is -0.113. The molecule has 3 amide bonds. The summed E-state index contributed by atoms with van der Waals surface area (Å²) >= 11 is 3.50. The zero-order valence-corrected chi connectivity index (χ0v) is 16.6. The van der Waals surface area contributed by atoms with E-state index in [1.807, 2.05) is 43.3 Å². The van der Waals surface area contributed by atoms with Gasteiger partial charge >= 0.3 is 6.03 Å². The highest BCUT2D eigenvalue weighted by molar-refractivity contribution is 9.10. The van der Waals surface area contributed by atoms with Gasteiger partial charge in [0.25, 0.3) is 5.91 Å². The highest BCUT2D eigenvalue weighted by atomic mass is 79.9. The second-order valence-electron chi connectivity index (χ2n) is 5.97. The Morgan fingerprint density at radius 3 is 2.63 bits per heavy atom. The average molecular weight is 430 g/mol. The molecule has 0 aromatic heterocycles. The van der Waals surface area contributed by atoms with Gasteiger partial charge in [0, 0.05) is 10.2 Å². The van der Waals surface area contributed by atoms with Gasteiger partial charge in [-0.15, -0.1) is 0 Å². The molecule has 0 saturated heterocycles. The van der Waals surface area contributed by atoms with Crippen LogP contribution in [0.25, 0.3) is 0 Å². The maximum Gasteiger partial charge on any atom is 0.319 e. The van der Waals surface area contributed by atoms with Crippen molar-refractivity contribution in [3.63, 3.8) is 0 Å². The summed E-state index contributed by atoms with van der Waals surface area (Å²) in [5.74, 6) is 0.282. The van der Waals surface area contributed by atoms with Gasteiger partial charge in [0.2, 0.25) is 0 Å². The number of allylic oxidation sites excluding steroid dienone is 1. The normalized spacial score (nSPS) is 16.4. The molecule has 0 spiro atoms. The van der Waals surface area contributed by atoms with Crippen molar-refractivity contribution in [3.8, 4) is 5.75 Å². The van der Waals surface area contributed by atoms with Gasteiger partial charge in [-0.25, -0.2) is 4.79 Å². The maximum absolute atomic E-state index is 13.1. The first-order chi connectivity index (χ1) is 13.0. The van der Waals surface area contributed by atoms with Crippen molar-refractivity contribution >= 4 is 33.6 Å². The highest BCUT2D eigenvalue weighted by Gasteiger charge is 2.32. The molecule has 6 nitrogen and oxygen atoms in total. The number of urea groups is 1. The number of ether oxygens (including phenoxy) is 1. The van der Waals surface area contributed by atoms with Gasteiger partial charge in [0.15, 0.2) is 0 Å². The molecular formula is C20H20BrN3O3. The van der Waals surface area contributed by atoms with Gasteiger partial charge < -0.3 is 20.7 Å². The number of hydrogen-bond donors (Lipinski definition) is 3. The molecule has 3 N–H and O–H groups in total. The van der Waals surface area contributed by atoms with Crippen LogP contribution in [0.4, 0.5) is 10.5 Å². The van der Waals surface area contributed by atoms with E-state index in [-0.39, 0.29) is 11.9 Å². The van der Waals surface area contributed by atoms with Gasteiger partial charge in [-0.3, -0.25) is 4.79 Å². The molecular weight excluding hydrogens is 410 g/mol. The number of rotatable bonds is 5. The molecule has 2 aromatic carbocycles. The number of anilines is 1. The van der Waals surface area contributed by atoms with Crippen LogP contribution in [0.5, 0.6) is 5.75 Å². The third-order valence-corrected chi connectivity index (χ3v) is 4.89. The van der Waals surface area contributed by atoms with Crippen molar-refractivity contribution in [1.29, 1.82) is 0 Å². The van der Waals surface area contributed by atoms with E-state index in [1.54, 1.807) is 19.1 Å². The molecule has 140 valence electrons. The third kappa shape index (κ3) is 4.14. The van der Waals surface area contributed by atoms with Gasteiger partial charge in [0.05, 0.1) is 23.9 Å². The molecule has 1 atom stereocenters. The van der Waals surface area contributed by atoms with Crippen LogP contribution in [0, 0.1) is 0 Å². The summed E-state index contributed by atoms with van der Waals surface area (Å²) in [6.45, 7) is 4.09. The lowest BCUT2D eigenvalue weighted by Gasteiger charge is -2.29. The zero-order valence-electron chi connectivity index (χ0n) is 15.0. The van der Waals surface area contributed by atoms with E-state index in [4.69, 9.17) is 4.74 Å². The summed E-state index contributed by atoms with van der Waals surface area (Å²) in [6.07, 6.45) is 0. The molecule has 7 heteroatoms. The van der Waals surface area contributed by atoms with Crippen molar-refractivity contribution in [1.82, 2.24) is 10.6 Å². The quantitative estimate of drug-likeness (QED) is 0.668. The molecule has 1 aliphatic rings. The summed E-state index contributed by atoms with van der Waals surface area (Å²) < 4.78 is 6.39. The van der Waals surface area contributed by atoms with E-state index in [1.165, 1.54) is 0 Å². The molecule has 1 heterocycles. The fourth-order valence-electron chi connectivity index (χ4n) is 2.98. The number of amides is 3. The monoisotopic (exact) mass is 429 g/mol. The van der Waals surface area contributed by atoms with Gasteiger partial charge in [0.1, 0.15) is 5.75 Å². The number of para-hydroxylation sites is 2. The first kappa shape index (κ1) is 19.0. The Morgan fingerprint density at radius 2 is 1.89 bits per heavy atom. The summed E-state index contributed by atoms with van der Waals surface area (Å²) in [4.78, 5) is 25.1. The Labute approximate surface area is 166 Å². The highest BCUT2D eigenvalue weighted by Crippen LogP contribution is 2.33. The number of hydrogen-bond acceptors (Lipinski definition) is 3. The van der Waals surface area contributed by atoms with Crippen LogP contribution in [0.3, 0.4) is 0 Å². The Hall–Kier alpha value is -2.80. The Balaban J connectivity index is 1.97. The number of benzene rings is 2. The minimum absolute atomic E-state index is 0.312. The van der Waals surface area contributed by atoms with E-state index in [0.717, 1.165) is 10.0 Å². The molecule has 3 rings (SSSR count). The predicted octanol–water partition coefficient (Wildman–Crippen LogP) is 4.11. The minimum atomic E-state index is -0.575. The second-order valence-corrected chi connectivity index (χ2v) is 6.83. The van der Waals surface area contributed by atoms with Crippen LogP contribution in [-0.2, 0) is 4.79 Å². The van der Waals surface area contributed by atoms with Crippen LogP contribution < -0.4 is 20.7 Å². The van der Waals surface area contributed by atoms with E-state index >= 15 is 0 Å². The van der Waals surface area contributed by atoms with Crippen LogP contribution in [0.15, 0.2) is 64.3 Å². The largest absolute Gasteiger partial charge is 0.492 e. The fraction of sp³-hybridized carbons (Fsp3) is 0.200. The molecule has 27 heavy (non-hydrogen) atoms. The molecule has 0 aliphatic carbocycles. The Bertz CT molecular complexity index is 911. The lowest BCUT2D eigenvalue weighted by atomic mass is 9.95. The summed E-state index contributed by atoms with van der Waals surface area (Å²) in [7, 11) is 0. The zero-order chi connectivity index (χ0) is 19.4. The van der Waals surface area contributed by atoms with Crippen molar-refractivity contribution in [2.45, 2.75) is 19.9 Å². The summed E-state index contributed by atoms with van der Waals surface area (Å²) in [5, 5.41) is 8.41. The smallest absolute Gasteiger partial charge is 0.319 e. The number of carbonyl (C=O) groups excluding carboxylic acids is 2. The van der Waals surface area contributed by atoms with E-state index in [9.17, 15) is 9.59 Å². The van der Waals surface area contributed by atoms with Crippen LogP contribution in [0.1, 0.15) is 25.5 Å². The SMILES string of the molecule is CCOc1ccccc1NC(=O)C1=C(C)NC(=O)N[C@H]1c1ccccc1Br. The standard InChI is InChI=1S/C20H20BrN3O3/c1-3-27-16-11-7-6-10-15(16)23-19(25)17-12(2)22-20(26)24-18(17)13-8-4-5-9-14(13)21/h4-11,18H,3H2,1-2H3,(H,23,25)(H2,22,24,26)/t18-/m0/s1. The topological polar surface area (TPSA) is 79.5 Å². The molecule has 0 radical (unpaired) electrons. The molecule has 2 aromatic rings. The second kappa shape index (κ2) is 8.26. The fourth-order valence-corrected chi connectivity index (χ4v) is 3.49. The lowest BCUT2D eigenvalue weighted by Crippen LogP contribution is -2.46. The molecule has 0 bridgehead atoms. The first-order valence-corrected chi connectivity index (χ1v) is 9.36. The van der Waals surface area contributed by atoms with E-state index in [2.05, 4.69) is 31.9 Å². The number of carbonyl (C=O) groups is 2. The average Bonchev–Trinajstić information content (AvgIpc) is 2.63. The van der Waals surface area contributed by atoms with Crippen LogP contribution in [0.2, 0.25) is 0 Å². The van der Waals surface area contributed by atoms with Gasteiger partial charge in [-0.2, -0.15) is 0 Å². The van der Waals surface area contributed by atoms with Crippen LogP contribution in [-0.4, -0.2) is 18.5 Å². The molecule has 0 fully saturated rings. The summed E-state index contributed by atoms with van der Waals surface area (Å²) in [5.41, 5.74) is 2.32. The molecule has 0 saturated carbocycles. The Kier molecular flexibility index (Phi) is 5.81. The van der Waals surface area contributed by atoms with Crippen molar-refractivity contribution < 1.29 is 14.3 Å². The Morgan fingerprint density at radius 1 is 1.19 bits per heavy atom. The van der Waals surface area contributed by atoms with Crippen molar-refractivity contribution in [3.05, 3.63) is 69.8 Å². The van der Waals surface area contributed by atoms with Gasteiger partial charge in [-0.05, 0) is 37.6 Å². The van der Waals surface area contributed by atoms with E-state index < -0.39 is 6.04 Å². The molecule has 1 aliphatic heterocycles. The first-order valence-electron chi connectivity index (χ1n) is 8.57. The van der Waals surface area contributed by atoms with Crippen molar-refractivity contribution in [2.24, 2.45) is 0 Å². The number of halogens is 1. The third-order valence-electron chi connectivity index (χ3n) is 4.17. The summed E-state index contributed by atoms with van der Waals surface area (Å²) in [6, 6.07) is 13.8.